The Labute approximate surface area is 69.6 Å². The first-order valence-corrected chi connectivity index (χ1v) is 4.45. The summed E-state index contributed by atoms with van der Waals surface area (Å²) < 4.78 is 0. The molecule has 11 heavy (non-hydrogen) atoms. The summed E-state index contributed by atoms with van der Waals surface area (Å²) in [4.78, 5) is 1.42. The molecule has 0 aliphatic heterocycles. The highest BCUT2D eigenvalue weighted by Gasteiger charge is 2.09. The molecule has 1 aromatic rings. The summed E-state index contributed by atoms with van der Waals surface area (Å²) in [5, 5.41) is 10.7. The molecule has 2 heteroatoms. The van der Waals surface area contributed by atoms with E-state index in [2.05, 4.69) is 17.5 Å². The van der Waals surface area contributed by atoms with E-state index in [1.807, 2.05) is 6.08 Å². The molecule has 0 aromatic carbocycles. The van der Waals surface area contributed by atoms with Crippen LogP contribution in [0.4, 0.5) is 0 Å². The molecule has 1 heterocycles. The van der Waals surface area contributed by atoms with Crippen LogP contribution in [0.2, 0.25) is 0 Å². The molecule has 1 aromatic heterocycles. The lowest BCUT2D eigenvalue weighted by molar-refractivity contribution is 0.977. The lowest BCUT2D eigenvalue weighted by Gasteiger charge is -2.05. The molecule has 0 spiro atoms. The largest absolute Gasteiger partial charge is 0.193 e. The number of allylic oxidation sites excluding steroid dienone is 1. The Morgan fingerprint density at radius 3 is 3.18 bits per heavy atom. The number of hydrogen-bond donors (Lipinski definition) is 0. The highest BCUT2D eigenvalue weighted by Crippen LogP contribution is 2.27. The fraction of sp³-hybridized carbons (Fsp3) is 0.222. The van der Waals surface area contributed by atoms with Crippen LogP contribution in [0.15, 0.2) is 17.0 Å². The molecule has 0 bridgehead atoms. The molecule has 0 amide bonds. The third-order valence-electron chi connectivity index (χ3n) is 1.87. The highest BCUT2D eigenvalue weighted by atomic mass is 32.1. The molecule has 0 saturated carbocycles. The van der Waals surface area contributed by atoms with Crippen LogP contribution < -0.4 is 0 Å². The molecule has 2 rings (SSSR count). The maximum absolute atomic E-state index is 8.64. The van der Waals surface area contributed by atoms with Crippen LogP contribution >= 0.6 is 11.3 Å². The summed E-state index contributed by atoms with van der Waals surface area (Å²) in [6.45, 7) is 0. The van der Waals surface area contributed by atoms with Gasteiger partial charge in [0.1, 0.15) is 0 Å². The summed E-state index contributed by atoms with van der Waals surface area (Å²) in [6.07, 6.45) is 3.96. The number of nitriles is 1. The van der Waals surface area contributed by atoms with Crippen molar-refractivity contribution in [1.82, 2.24) is 0 Å². The van der Waals surface area contributed by atoms with Gasteiger partial charge in [0.15, 0.2) is 0 Å². The molecule has 0 saturated heterocycles. The second-order valence-electron chi connectivity index (χ2n) is 2.58. The minimum absolute atomic E-state index is 0.913. The zero-order chi connectivity index (χ0) is 7.68. The van der Waals surface area contributed by atoms with Gasteiger partial charge in [-0.25, -0.2) is 0 Å². The van der Waals surface area contributed by atoms with Gasteiger partial charge in [0, 0.05) is 10.5 Å². The molecule has 0 unspecified atom stereocenters. The monoisotopic (exact) mass is 161 g/mol. The Balaban J connectivity index is 2.47. The molecular formula is C9H7NS. The van der Waals surface area contributed by atoms with Crippen LogP contribution in [-0.4, -0.2) is 0 Å². The SMILES string of the molecule is N#CC1=Cc2ccsc2CC1. The zero-order valence-electron chi connectivity index (χ0n) is 6.00. The normalized spacial score (nSPS) is 15.0. The average Bonchev–Trinajstić information content (AvgIpc) is 2.50. The van der Waals surface area contributed by atoms with Gasteiger partial charge >= 0.3 is 0 Å². The minimum atomic E-state index is 0.913. The number of nitrogens with zero attached hydrogens (tertiary/aromatic N) is 1. The maximum Gasteiger partial charge on any atom is 0.0947 e. The van der Waals surface area contributed by atoms with Gasteiger partial charge in [-0.05, 0) is 35.9 Å². The topological polar surface area (TPSA) is 23.8 Å². The first-order chi connectivity index (χ1) is 5.40. The molecule has 0 N–H and O–H groups in total. The predicted octanol–water partition coefficient (Wildman–Crippen LogP) is 2.60. The first-order valence-electron chi connectivity index (χ1n) is 3.57. The molecular weight excluding hydrogens is 154 g/mol. The van der Waals surface area contributed by atoms with Crippen molar-refractivity contribution in [3.05, 3.63) is 27.5 Å². The Morgan fingerprint density at radius 1 is 1.45 bits per heavy atom. The zero-order valence-corrected chi connectivity index (χ0v) is 6.82. The molecule has 0 atom stereocenters. The van der Waals surface area contributed by atoms with Gasteiger partial charge in [-0.15, -0.1) is 11.3 Å². The quantitative estimate of drug-likeness (QED) is 0.573. The van der Waals surface area contributed by atoms with Gasteiger partial charge in [0.25, 0.3) is 0 Å². The summed E-state index contributed by atoms with van der Waals surface area (Å²) in [5.74, 6) is 0. The Kier molecular flexibility index (Phi) is 1.52. The van der Waals surface area contributed by atoms with Crippen LogP contribution in [0.3, 0.4) is 0 Å². The van der Waals surface area contributed by atoms with Crippen molar-refractivity contribution in [3.8, 4) is 6.07 Å². The lowest BCUT2D eigenvalue weighted by atomic mass is 10.0. The Hall–Kier alpha value is -1.07. The summed E-state index contributed by atoms with van der Waals surface area (Å²) in [6, 6.07) is 4.28. The van der Waals surface area contributed by atoms with Crippen LogP contribution in [0.25, 0.3) is 6.08 Å². The van der Waals surface area contributed by atoms with E-state index in [4.69, 9.17) is 5.26 Å². The Bertz CT molecular complexity index is 341. The van der Waals surface area contributed by atoms with Crippen molar-refractivity contribution in [1.29, 1.82) is 5.26 Å². The number of rotatable bonds is 0. The van der Waals surface area contributed by atoms with E-state index in [-0.39, 0.29) is 0 Å². The highest BCUT2D eigenvalue weighted by molar-refractivity contribution is 7.10. The Morgan fingerprint density at radius 2 is 2.36 bits per heavy atom. The minimum Gasteiger partial charge on any atom is -0.193 e. The fourth-order valence-corrected chi connectivity index (χ4v) is 2.14. The van der Waals surface area contributed by atoms with E-state index in [1.165, 1.54) is 10.4 Å². The van der Waals surface area contributed by atoms with Gasteiger partial charge in [-0.3, -0.25) is 0 Å². The summed E-state index contributed by atoms with van der Waals surface area (Å²) >= 11 is 1.78. The van der Waals surface area contributed by atoms with Crippen molar-refractivity contribution in [3.63, 3.8) is 0 Å². The molecule has 0 radical (unpaired) electrons. The van der Waals surface area contributed by atoms with E-state index >= 15 is 0 Å². The number of thiophene rings is 1. The lowest BCUT2D eigenvalue weighted by Crippen LogP contribution is -1.92. The van der Waals surface area contributed by atoms with Gasteiger partial charge < -0.3 is 0 Å². The van der Waals surface area contributed by atoms with Crippen LogP contribution in [0.5, 0.6) is 0 Å². The van der Waals surface area contributed by atoms with Gasteiger partial charge in [-0.2, -0.15) is 5.26 Å². The second-order valence-corrected chi connectivity index (χ2v) is 3.58. The third kappa shape index (κ3) is 1.08. The van der Waals surface area contributed by atoms with Crippen LogP contribution in [0, 0.1) is 11.3 Å². The summed E-state index contributed by atoms with van der Waals surface area (Å²) in [7, 11) is 0. The van der Waals surface area contributed by atoms with Crippen LogP contribution in [0.1, 0.15) is 16.9 Å². The summed E-state index contributed by atoms with van der Waals surface area (Å²) in [5.41, 5.74) is 2.16. The van der Waals surface area contributed by atoms with Crippen LogP contribution in [-0.2, 0) is 6.42 Å². The number of fused-ring (bicyclic) bond motifs is 1. The van der Waals surface area contributed by atoms with Crippen molar-refractivity contribution >= 4 is 17.4 Å². The van der Waals surface area contributed by atoms with E-state index < -0.39 is 0 Å². The maximum atomic E-state index is 8.64. The van der Waals surface area contributed by atoms with Crippen molar-refractivity contribution in [2.75, 3.05) is 0 Å². The van der Waals surface area contributed by atoms with Crippen molar-refractivity contribution < 1.29 is 0 Å². The van der Waals surface area contributed by atoms with E-state index in [0.717, 1.165) is 18.4 Å². The molecule has 0 fully saturated rings. The molecule has 1 nitrogen and oxygen atoms in total. The van der Waals surface area contributed by atoms with E-state index in [0.29, 0.717) is 0 Å². The second kappa shape index (κ2) is 2.52. The molecule has 1 aliphatic carbocycles. The molecule has 1 aliphatic rings. The third-order valence-corrected chi connectivity index (χ3v) is 2.87. The average molecular weight is 161 g/mol. The first kappa shape index (κ1) is 6.63. The van der Waals surface area contributed by atoms with E-state index in [9.17, 15) is 0 Å². The number of aryl methyl sites for hydroxylation is 1. The van der Waals surface area contributed by atoms with Gasteiger partial charge in [-0.1, -0.05) is 0 Å². The fourth-order valence-electron chi connectivity index (χ4n) is 1.28. The number of hydrogen-bond acceptors (Lipinski definition) is 2. The van der Waals surface area contributed by atoms with Crippen molar-refractivity contribution in [2.24, 2.45) is 0 Å². The van der Waals surface area contributed by atoms with Crippen molar-refractivity contribution in [2.45, 2.75) is 12.8 Å². The predicted molar refractivity (Wildman–Crippen MR) is 46.2 cm³/mol. The molecule has 54 valence electrons. The van der Waals surface area contributed by atoms with Gasteiger partial charge in [0.2, 0.25) is 0 Å². The van der Waals surface area contributed by atoms with Gasteiger partial charge in [0.05, 0.1) is 6.07 Å². The standard InChI is InChI=1S/C9H7NS/c10-6-7-1-2-9-8(5-7)3-4-11-9/h3-5H,1-2H2. The smallest absolute Gasteiger partial charge is 0.0947 e. The van der Waals surface area contributed by atoms with E-state index in [1.54, 1.807) is 11.3 Å².